The molecule has 24 heavy (non-hydrogen) atoms. The third-order valence-corrected chi connectivity index (χ3v) is 4.13. The van der Waals surface area contributed by atoms with Gasteiger partial charge in [-0.3, -0.25) is 0 Å². The zero-order valence-corrected chi connectivity index (χ0v) is 13.6. The van der Waals surface area contributed by atoms with Crippen molar-refractivity contribution in [2.24, 2.45) is 0 Å². The van der Waals surface area contributed by atoms with Crippen LogP contribution < -0.4 is 9.88 Å². The van der Waals surface area contributed by atoms with Crippen LogP contribution in [0, 0.1) is 0 Å². The Hall–Kier alpha value is -2.64. The van der Waals surface area contributed by atoms with Crippen molar-refractivity contribution in [2.75, 3.05) is 11.1 Å². The molecule has 0 bridgehead atoms. The molecule has 0 aliphatic heterocycles. The van der Waals surface area contributed by atoms with Gasteiger partial charge in [-0.2, -0.15) is 4.57 Å². The minimum absolute atomic E-state index is 0.0356. The van der Waals surface area contributed by atoms with Gasteiger partial charge in [-0.05, 0) is 18.2 Å². The van der Waals surface area contributed by atoms with E-state index in [9.17, 15) is 13.0 Å². The number of aromatic nitrogens is 1. The van der Waals surface area contributed by atoms with Gasteiger partial charge in [-0.15, -0.1) is 0 Å². The molecule has 0 aliphatic rings. The lowest BCUT2D eigenvalue weighted by Gasteiger charge is -2.02. The van der Waals surface area contributed by atoms with E-state index in [0.29, 0.717) is 11.5 Å². The Kier molecular flexibility index (Phi) is 4.64. The normalized spacial score (nSPS) is 12.0. The summed E-state index contributed by atoms with van der Waals surface area (Å²) in [5.41, 5.74) is 2.28. The lowest BCUT2D eigenvalue weighted by Crippen LogP contribution is -2.38. The molecule has 0 atom stereocenters. The van der Waals surface area contributed by atoms with Crippen LogP contribution in [0.5, 0.6) is 0 Å². The van der Waals surface area contributed by atoms with Crippen LogP contribution in [0.1, 0.15) is 5.89 Å². The molecule has 124 valence electrons. The molecule has 1 N–H and O–H groups in total. The standard InChI is InChI=1S/C17H16N2O4S/c20-24(21,22)13-12-19-15-8-4-5-9-16(15)23-17(19)10-11-18-14-6-2-1-3-7-14/h1-11H,12-13H2,(H,20,21,22). The van der Waals surface area contributed by atoms with Crippen LogP contribution in [0.25, 0.3) is 17.2 Å². The zero-order chi connectivity index (χ0) is 17.0. The number of fused-ring (bicyclic) bond motifs is 1. The fourth-order valence-corrected chi connectivity index (χ4v) is 2.76. The highest BCUT2D eigenvalue weighted by Crippen LogP contribution is 2.14. The molecule has 0 radical (unpaired) electrons. The topological polar surface area (TPSA) is 86.2 Å². The predicted molar refractivity (Wildman–Crippen MR) is 90.1 cm³/mol. The Balaban J connectivity index is 1.88. The third kappa shape index (κ3) is 4.01. The quantitative estimate of drug-likeness (QED) is 0.548. The van der Waals surface area contributed by atoms with Gasteiger partial charge < -0.3 is 14.3 Å². The number of aryl methyl sites for hydroxylation is 1. The van der Waals surface area contributed by atoms with Gasteiger partial charge in [0.15, 0.2) is 6.54 Å². The van der Waals surface area contributed by atoms with E-state index in [0.717, 1.165) is 11.2 Å². The summed E-state index contributed by atoms with van der Waals surface area (Å²) in [6.45, 7) is 0.0356. The minimum Gasteiger partial charge on any atom is -0.748 e. The van der Waals surface area contributed by atoms with Gasteiger partial charge in [-0.1, -0.05) is 30.3 Å². The number of anilines is 1. The van der Waals surface area contributed by atoms with E-state index in [2.05, 4.69) is 5.32 Å². The molecular weight excluding hydrogens is 328 g/mol. The van der Waals surface area contributed by atoms with Crippen LogP contribution in [0.3, 0.4) is 0 Å². The lowest BCUT2D eigenvalue weighted by atomic mass is 10.3. The van der Waals surface area contributed by atoms with Crippen LogP contribution in [0.2, 0.25) is 0 Å². The molecule has 3 rings (SSSR count). The number of hydrogen-bond acceptors (Lipinski definition) is 5. The van der Waals surface area contributed by atoms with Crippen molar-refractivity contribution in [3.63, 3.8) is 0 Å². The van der Waals surface area contributed by atoms with Gasteiger partial charge in [0, 0.05) is 18.0 Å². The second kappa shape index (κ2) is 6.86. The Morgan fingerprint density at radius 3 is 2.54 bits per heavy atom. The average Bonchev–Trinajstić information content (AvgIpc) is 2.91. The molecule has 0 spiro atoms. The molecule has 0 unspecified atom stereocenters. The monoisotopic (exact) mass is 344 g/mol. The van der Waals surface area contributed by atoms with Crippen LogP contribution in [0.4, 0.5) is 5.69 Å². The van der Waals surface area contributed by atoms with Crippen LogP contribution in [-0.2, 0) is 16.7 Å². The van der Waals surface area contributed by atoms with E-state index >= 15 is 0 Å². The number of hydrogen-bond donors (Lipinski definition) is 1. The van der Waals surface area contributed by atoms with Crippen molar-refractivity contribution in [3.8, 4) is 0 Å². The third-order valence-electron chi connectivity index (χ3n) is 3.45. The maximum atomic E-state index is 10.9. The molecule has 1 aromatic heterocycles. The highest BCUT2D eigenvalue weighted by Gasteiger charge is 2.20. The number of nitrogens with zero attached hydrogens (tertiary/aromatic N) is 1. The van der Waals surface area contributed by atoms with Crippen molar-refractivity contribution in [1.29, 1.82) is 0 Å². The smallest absolute Gasteiger partial charge is 0.375 e. The fraction of sp³-hybridized carbons (Fsp3) is 0.118. The first-order valence-electron chi connectivity index (χ1n) is 7.36. The molecule has 0 fully saturated rings. The van der Waals surface area contributed by atoms with Crippen LogP contribution in [0.15, 0.2) is 65.2 Å². The Morgan fingerprint density at radius 1 is 1.08 bits per heavy atom. The first-order chi connectivity index (χ1) is 11.5. The molecular formula is C17H16N2O4S. The summed E-state index contributed by atoms with van der Waals surface area (Å²) in [5, 5.41) is 3.10. The van der Waals surface area contributed by atoms with E-state index in [1.807, 2.05) is 48.5 Å². The van der Waals surface area contributed by atoms with E-state index in [4.69, 9.17) is 4.42 Å². The van der Waals surface area contributed by atoms with Crippen LogP contribution >= 0.6 is 0 Å². The van der Waals surface area contributed by atoms with Crippen molar-refractivity contribution < 1.29 is 22.0 Å². The molecule has 2 aromatic carbocycles. The Morgan fingerprint density at radius 2 is 1.79 bits per heavy atom. The van der Waals surface area contributed by atoms with E-state index < -0.39 is 15.9 Å². The number of nitrogens with one attached hydrogen (secondary N) is 1. The van der Waals surface area contributed by atoms with Gasteiger partial charge in [-0.25, -0.2) is 8.42 Å². The number of benzene rings is 2. The maximum Gasteiger partial charge on any atom is 0.375 e. The average molecular weight is 344 g/mol. The molecule has 7 heteroatoms. The summed E-state index contributed by atoms with van der Waals surface area (Å²) in [7, 11) is -4.30. The van der Waals surface area contributed by atoms with E-state index in [1.54, 1.807) is 22.9 Å². The molecule has 0 amide bonds. The zero-order valence-electron chi connectivity index (χ0n) is 12.8. The first kappa shape index (κ1) is 16.2. The van der Waals surface area contributed by atoms with Gasteiger partial charge in [0.2, 0.25) is 5.58 Å². The second-order valence-corrected chi connectivity index (χ2v) is 6.69. The molecule has 1 heterocycles. The SMILES string of the molecule is O=S(=O)([O-])CC[n+]1c(C=CNc2ccccc2)oc2ccccc21. The fourth-order valence-electron chi connectivity index (χ4n) is 2.35. The first-order valence-corrected chi connectivity index (χ1v) is 8.94. The Bertz CT molecular complexity index is 963. The second-order valence-electron chi connectivity index (χ2n) is 5.17. The summed E-state index contributed by atoms with van der Waals surface area (Å²) in [4.78, 5) is 0. The highest BCUT2D eigenvalue weighted by atomic mass is 32.2. The number of para-hydroxylation sites is 3. The molecule has 0 aliphatic carbocycles. The van der Waals surface area contributed by atoms with E-state index in [1.165, 1.54) is 0 Å². The predicted octanol–water partition coefficient (Wildman–Crippen LogP) is 2.35. The summed E-state index contributed by atoms with van der Waals surface area (Å²) < 4.78 is 40.2. The molecule has 6 nitrogen and oxygen atoms in total. The van der Waals surface area contributed by atoms with Crippen LogP contribution in [-0.4, -0.2) is 18.7 Å². The number of oxazole rings is 1. The van der Waals surface area contributed by atoms with Crippen molar-refractivity contribution in [2.45, 2.75) is 6.54 Å². The van der Waals surface area contributed by atoms with Crippen molar-refractivity contribution >= 4 is 33.0 Å². The minimum atomic E-state index is -4.30. The van der Waals surface area contributed by atoms with Crippen molar-refractivity contribution in [1.82, 2.24) is 0 Å². The maximum absolute atomic E-state index is 10.9. The largest absolute Gasteiger partial charge is 0.748 e. The van der Waals surface area contributed by atoms with Gasteiger partial charge in [0.05, 0.1) is 11.8 Å². The van der Waals surface area contributed by atoms with Gasteiger partial charge in [0.1, 0.15) is 10.1 Å². The summed E-state index contributed by atoms with van der Waals surface area (Å²) in [6, 6.07) is 16.9. The number of rotatable bonds is 6. The summed E-state index contributed by atoms with van der Waals surface area (Å²) in [6.07, 6.45) is 3.40. The summed E-state index contributed by atoms with van der Waals surface area (Å²) >= 11 is 0. The lowest BCUT2D eigenvalue weighted by molar-refractivity contribution is -0.673. The van der Waals surface area contributed by atoms with E-state index in [-0.39, 0.29) is 6.54 Å². The highest BCUT2D eigenvalue weighted by molar-refractivity contribution is 7.85. The molecule has 0 saturated heterocycles. The van der Waals surface area contributed by atoms with Crippen molar-refractivity contribution in [3.05, 3.63) is 66.7 Å². The summed E-state index contributed by atoms with van der Waals surface area (Å²) in [5.74, 6) is -0.0305. The van der Waals surface area contributed by atoms with Gasteiger partial charge in [0.25, 0.3) is 5.52 Å². The Labute approximate surface area is 139 Å². The molecule has 0 saturated carbocycles. The molecule has 3 aromatic rings. The van der Waals surface area contributed by atoms with Gasteiger partial charge >= 0.3 is 5.89 Å².